The van der Waals surface area contributed by atoms with E-state index in [0.717, 1.165) is 12.2 Å². The van der Waals surface area contributed by atoms with E-state index in [2.05, 4.69) is 16.7 Å². The van der Waals surface area contributed by atoms with Crippen LogP contribution >= 0.6 is 0 Å². The molecular formula is C16H15N3O. The SMILES string of the molecule is CC1c2cccn2CCN1C(=O)c1cccc(C#N)c1. The van der Waals surface area contributed by atoms with Crippen molar-refractivity contribution in [3.05, 3.63) is 59.4 Å². The van der Waals surface area contributed by atoms with Gasteiger partial charge in [0.2, 0.25) is 0 Å². The minimum atomic E-state index is -0.0120. The van der Waals surface area contributed by atoms with Gasteiger partial charge in [-0.3, -0.25) is 4.79 Å². The van der Waals surface area contributed by atoms with Crippen LogP contribution in [0.25, 0.3) is 0 Å². The second-order valence-electron chi connectivity index (χ2n) is 4.99. The average molecular weight is 265 g/mol. The molecule has 0 fully saturated rings. The number of aromatic nitrogens is 1. The van der Waals surface area contributed by atoms with Crippen molar-refractivity contribution >= 4 is 5.91 Å². The van der Waals surface area contributed by atoms with Crippen LogP contribution in [0, 0.1) is 11.3 Å². The van der Waals surface area contributed by atoms with Gasteiger partial charge < -0.3 is 9.47 Å². The van der Waals surface area contributed by atoms with Crippen molar-refractivity contribution in [1.82, 2.24) is 9.47 Å². The summed E-state index contributed by atoms with van der Waals surface area (Å²) in [7, 11) is 0. The molecule has 4 heteroatoms. The number of nitriles is 1. The van der Waals surface area contributed by atoms with Crippen LogP contribution < -0.4 is 0 Å². The molecule has 0 spiro atoms. The van der Waals surface area contributed by atoms with Crippen molar-refractivity contribution in [2.45, 2.75) is 19.5 Å². The van der Waals surface area contributed by atoms with Gasteiger partial charge >= 0.3 is 0 Å². The third-order valence-electron chi connectivity index (χ3n) is 3.84. The van der Waals surface area contributed by atoms with E-state index in [1.807, 2.05) is 24.1 Å². The van der Waals surface area contributed by atoms with Crippen LogP contribution in [-0.2, 0) is 6.54 Å². The predicted octanol–water partition coefficient (Wildman–Crippen LogP) is 2.58. The van der Waals surface area contributed by atoms with Crippen molar-refractivity contribution in [3.8, 4) is 6.07 Å². The Morgan fingerprint density at radius 2 is 2.15 bits per heavy atom. The van der Waals surface area contributed by atoms with Gasteiger partial charge in [-0.05, 0) is 37.3 Å². The Morgan fingerprint density at radius 1 is 1.30 bits per heavy atom. The normalized spacial score (nSPS) is 17.4. The topological polar surface area (TPSA) is 49.0 Å². The van der Waals surface area contributed by atoms with Crippen LogP contribution in [0.5, 0.6) is 0 Å². The Labute approximate surface area is 117 Å². The van der Waals surface area contributed by atoms with E-state index in [1.54, 1.807) is 24.3 Å². The summed E-state index contributed by atoms with van der Waals surface area (Å²) in [5.41, 5.74) is 2.25. The van der Waals surface area contributed by atoms with E-state index in [9.17, 15) is 4.79 Å². The molecule has 0 N–H and O–H groups in total. The van der Waals surface area contributed by atoms with E-state index >= 15 is 0 Å². The van der Waals surface area contributed by atoms with Gasteiger partial charge in [-0.25, -0.2) is 0 Å². The molecule has 1 aliphatic heterocycles. The predicted molar refractivity (Wildman–Crippen MR) is 75.0 cm³/mol. The first-order valence-corrected chi connectivity index (χ1v) is 6.67. The minimum Gasteiger partial charge on any atom is -0.348 e. The Hall–Kier alpha value is -2.54. The first kappa shape index (κ1) is 12.5. The highest BCUT2D eigenvalue weighted by atomic mass is 16.2. The molecule has 0 aliphatic carbocycles. The van der Waals surface area contributed by atoms with Crippen LogP contribution in [0.3, 0.4) is 0 Å². The smallest absolute Gasteiger partial charge is 0.254 e. The lowest BCUT2D eigenvalue weighted by Crippen LogP contribution is -2.40. The molecule has 20 heavy (non-hydrogen) atoms. The van der Waals surface area contributed by atoms with Gasteiger partial charge in [-0.1, -0.05) is 6.07 Å². The first-order chi connectivity index (χ1) is 9.70. The number of hydrogen-bond donors (Lipinski definition) is 0. The number of benzene rings is 1. The van der Waals surface area contributed by atoms with Crippen molar-refractivity contribution in [2.24, 2.45) is 0 Å². The quantitative estimate of drug-likeness (QED) is 0.795. The third-order valence-corrected chi connectivity index (χ3v) is 3.84. The Kier molecular flexibility index (Phi) is 3.03. The van der Waals surface area contributed by atoms with Gasteiger partial charge in [0.15, 0.2) is 0 Å². The van der Waals surface area contributed by atoms with Crippen LogP contribution in [0.1, 0.15) is 34.6 Å². The molecule has 2 heterocycles. The summed E-state index contributed by atoms with van der Waals surface area (Å²) in [6.45, 7) is 3.55. The average Bonchev–Trinajstić information content (AvgIpc) is 2.96. The van der Waals surface area contributed by atoms with Gasteiger partial charge in [0.25, 0.3) is 5.91 Å². The number of amides is 1. The zero-order chi connectivity index (χ0) is 14.1. The summed E-state index contributed by atoms with van der Waals surface area (Å²) in [6, 6.07) is 13.1. The Balaban J connectivity index is 1.90. The molecule has 0 radical (unpaired) electrons. The number of fused-ring (bicyclic) bond motifs is 1. The maximum Gasteiger partial charge on any atom is 0.254 e. The molecule has 1 aliphatic rings. The van der Waals surface area contributed by atoms with E-state index in [-0.39, 0.29) is 11.9 Å². The third kappa shape index (κ3) is 1.97. The van der Waals surface area contributed by atoms with Crippen LogP contribution in [0.15, 0.2) is 42.6 Å². The number of nitrogens with zero attached hydrogens (tertiary/aromatic N) is 3. The molecular weight excluding hydrogens is 250 g/mol. The molecule has 1 amide bonds. The maximum atomic E-state index is 12.6. The van der Waals surface area contributed by atoms with Crippen molar-refractivity contribution in [3.63, 3.8) is 0 Å². The minimum absolute atomic E-state index is 0.0120. The van der Waals surface area contributed by atoms with Gasteiger partial charge in [0, 0.05) is 30.5 Å². The summed E-state index contributed by atoms with van der Waals surface area (Å²) in [4.78, 5) is 14.5. The lowest BCUT2D eigenvalue weighted by Gasteiger charge is -2.35. The van der Waals surface area contributed by atoms with Crippen molar-refractivity contribution in [2.75, 3.05) is 6.54 Å². The second kappa shape index (κ2) is 4.86. The molecule has 3 rings (SSSR count). The van der Waals surface area contributed by atoms with Gasteiger partial charge in [0.1, 0.15) is 0 Å². The first-order valence-electron chi connectivity index (χ1n) is 6.67. The number of rotatable bonds is 1. The fourth-order valence-corrected chi connectivity index (χ4v) is 2.74. The maximum absolute atomic E-state index is 12.6. The molecule has 2 aromatic rings. The molecule has 1 atom stereocenters. The van der Waals surface area contributed by atoms with Crippen LogP contribution in [-0.4, -0.2) is 21.9 Å². The fourth-order valence-electron chi connectivity index (χ4n) is 2.74. The van der Waals surface area contributed by atoms with E-state index in [4.69, 9.17) is 5.26 Å². The molecule has 1 aromatic heterocycles. The summed E-state index contributed by atoms with van der Waals surface area (Å²) in [5, 5.41) is 8.93. The van der Waals surface area contributed by atoms with E-state index in [1.165, 1.54) is 0 Å². The zero-order valence-corrected chi connectivity index (χ0v) is 11.3. The summed E-state index contributed by atoms with van der Waals surface area (Å²) < 4.78 is 2.18. The number of hydrogen-bond acceptors (Lipinski definition) is 2. The highest BCUT2D eigenvalue weighted by Crippen LogP contribution is 2.26. The summed E-state index contributed by atoms with van der Waals surface area (Å²) >= 11 is 0. The molecule has 1 unspecified atom stereocenters. The van der Waals surface area contributed by atoms with Crippen LogP contribution in [0.4, 0.5) is 0 Å². The highest BCUT2D eigenvalue weighted by Gasteiger charge is 2.28. The second-order valence-corrected chi connectivity index (χ2v) is 4.99. The molecule has 0 saturated carbocycles. The summed E-state index contributed by atoms with van der Waals surface area (Å²) in [5.74, 6) is -0.0120. The Morgan fingerprint density at radius 3 is 2.95 bits per heavy atom. The Bertz CT molecular complexity index is 696. The standard InChI is InChI=1S/C16H15N3O/c1-12-15-6-3-7-18(15)8-9-19(12)16(20)14-5-2-4-13(10-14)11-17/h2-7,10,12H,8-9H2,1H3. The van der Waals surface area contributed by atoms with Crippen molar-refractivity contribution < 1.29 is 4.79 Å². The van der Waals surface area contributed by atoms with E-state index < -0.39 is 0 Å². The fraction of sp³-hybridized carbons (Fsp3) is 0.250. The molecule has 0 bridgehead atoms. The summed E-state index contributed by atoms with van der Waals surface area (Å²) in [6.07, 6.45) is 2.05. The molecule has 1 aromatic carbocycles. The monoisotopic (exact) mass is 265 g/mol. The lowest BCUT2D eigenvalue weighted by atomic mass is 10.1. The molecule has 100 valence electrons. The largest absolute Gasteiger partial charge is 0.348 e. The molecule has 4 nitrogen and oxygen atoms in total. The number of carbonyl (C=O) groups excluding carboxylic acids is 1. The van der Waals surface area contributed by atoms with Gasteiger partial charge in [-0.15, -0.1) is 0 Å². The zero-order valence-electron chi connectivity index (χ0n) is 11.3. The van der Waals surface area contributed by atoms with Crippen molar-refractivity contribution in [1.29, 1.82) is 5.26 Å². The van der Waals surface area contributed by atoms with E-state index in [0.29, 0.717) is 17.7 Å². The molecule has 0 saturated heterocycles. The van der Waals surface area contributed by atoms with Gasteiger partial charge in [0.05, 0.1) is 17.7 Å². The number of carbonyl (C=O) groups is 1. The highest BCUT2D eigenvalue weighted by molar-refractivity contribution is 5.94. The lowest BCUT2D eigenvalue weighted by molar-refractivity contribution is 0.0644. The van der Waals surface area contributed by atoms with Gasteiger partial charge in [-0.2, -0.15) is 5.26 Å². The van der Waals surface area contributed by atoms with Crippen LogP contribution in [0.2, 0.25) is 0 Å².